The molecule has 0 spiro atoms. The van der Waals surface area contributed by atoms with Gasteiger partial charge in [-0.1, -0.05) is 36.4 Å². The van der Waals surface area contributed by atoms with Crippen molar-refractivity contribution in [2.45, 2.75) is 25.4 Å². The van der Waals surface area contributed by atoms with Crippen molar-refractivity contribution >= 4 is 17.3 Å². The van der Waals surface area contributed by atoms with Crippen LogP contribution in [0.4, 0.5) is 0 Å². The molecule has 3 rings (SSSR count). The molecule has 1 unspecified atom stereocenters. The Balaban J connectivity index is 1.61. The molecule has 1 aliphatic rings. The molecule has 1 atom stereocenters. The maximum atomic E-state index is 12.6. The van der Waals surface area contributed by atoms with Gasteiger partial charge < -0.3 is 14.2 Å². The quantitative estimate of drug-likeness (QED) is 0.668. The molecule has 0 aromatic heterocycles. The maximum Gasteiger partial charge on any atom is 0.332 e. The molecule has 27 heavy (non-hydrogen) atoms. The van der Waals surface area contributed by atoms with E-state index in [0.717, 1.165) is 17.5 Å². The first kappa shape index (κ1) is 18.7. The van der Waals surface area contributed by atoms with E-state index in [9.17, 15) is 9.59 Å². The third-order valence-corrected chi connectivity index (χ3v) is 4.53. The van der Waals surface area contributed by atoms with Gasteiger partial charge >= 0.3 is 5.97 Å². The predicted molar refractivity (Wildman–Crippen MR) is 102 cm³/mol. The number of esters is 1. The van der Waals surface area contributed by atoms with Crippen LogP contribution in [0.3, 0.4) is 0 Å². The number of hydrogen-bond acceptors (Lipinski definition) is 5. The number of methoxy groups -OCH3 is 2. The first-order chi connectivity index (χ1) is 13.1. The average molecular weight is 366 g/mol. The summed E-state index contributed by atoms with van der Waals surface area (Å²) in [5.74, 6) is 0.789. The Morgan fingerprint density at radius 3 is 2.48 bits per heavy atom. The number of carbonyl (C=O) groups excluding carboxylic acids is 2. The van der Waals surface area contributed by atoms with E-state index in [2.05, 4.69) is 0 Å². The summed E-state index contributed by atoms with van der Waals surface area (Å²) in [6, 6.07) is 15.1. The van der Waals surface area contributed by atoms with Crippen molar-refractivity contribution in [3.05, 3.63) is 65.7 Å². The molecular formula is C22H22O5. The third-order valence-electron chi connectivity index (χ3n) is 4.53. The predicted octanol–water partition coefficient (Wildman–Crippen LogP) is 3.60. The summed E-state index contributed by atoms with van der Waals surface area (Å²) < 4.78 is 15.8. The molecule has 0 saturated carbocycles. The Hall–Kier alpha value is -3.08. The number of cyclic esters (lactones) is 1. The minimum Gasteiger partial charge on any atom is -0.493 e. The second kappa shape index (κ2) is 8.54. The fourth-order valence-corrected chi connectivity index (χ4v) is 3.15. The zero-order valence-electron chi connectivity index (χ0n) is 15.4. The molecule has 0 saturated heterocycles. The van der Waals surface area contributed by atoms with Crippen molar-refractivity contribution in [2.75, 3.05) is 14.2 Å². The van der Waals surface area contributed by atoms with Crippen molar-refractivity contribution in [2.24, 2.45) is 0 Å². The number of carbonyl (C=O) groups is 2. The summed E-state index contributed by atoms with van der Waals surface area (Å²) in [6.07, 6.45) is 2.30. The number of ether oxygens (including phenoxy) is 3. The molecular weight excluding hydrogens is 344 g/mol. The lowest BCUT2D eigenvalue weighted by Gasteiger charge is -2.14. The lowest BCUT2D eigenvalue weighted by molar-refractivity contribution is -0.144. The average Bonchev–Trinajstić information content (AvgIpc) is 3.10. The van der Waals surface area contributed by atoms with Crippen LogP contribution in [0.5, 0.6) is 11.5 Å². The smallest absolute Gasteiger partial charge is 0.332 e. The Morgan fingerprint density at radius 2 is 1.78 bits per heavy atom. The molecule has 5 nitrogen and oxygen atoms in total. The molecule has 1 heterocycles. The van der Waals surface area contributed by atoms with Crippen LogP contribution in [0, 0.1) is 0 Å². The monoisotopic (exact) mass is 366 g/mol. The van der Waals surface area contributed by atoms with E-state index in [-0.39, 0.29) is 5.78 Å². The van der Waals surface area contributed by atoms with E-state index < -0.39 is 12.1 Å². The zero-order chi connectivity index (χ0) is 19.2. The summed E-state index contributed by atoms with van der Waals surface area (Å²) in [5, 5.41) is 0. The van der Waals surface area contributed by atoms with Gasteiger partial charge in [-0.2, -0.15) is 0 Å². The summed E-state index contributed by atoms with van der Waals surface area (Å²) in [5.41, 5.74) is 2.53. The summed E-state index contributed by atoms with van der Waals surface area (Å²) in [4.78, 5) is 24.3. The third kappa shape index (κ3) is 4.37. The molecule has 1 aliphatic heterocycles. The highest BCUT2D eigenvalue weighted by molar-refractivity contribution is 6.07. The highest BCUT2D eigenvalue weighted by Gasteiger charge is 2.32. The van der Waals surface area contributed by atoms with Crippen molar-refractivity contribution < 1.29 is 23.8 Å². The standard InChI is InChI=1S/C22H22O5/c1-25-19-12-11-15(13-20(19)26-2)7-6-10-18(23)22-17(14-21(24)27-22)16-8-4-3-5-9-16/h3-5,8-9,11-14,22H,6-7,10H2,1-2H3. The topological polar surface area (TPSA) is 61.8 Å². The van der Waals surface area contributed by atoms with Gasteiger partial charge in [-0.05, 0) is 36.1 Å². The van der Waals surface area contributed by atoms with E-state index in [1.165, 1.54) is 6.08 Å². The van der Waals surface area contributed by atoms with Crippen LogP contribution in [0.25, 0.3) is 5.57 Å². The zero-order valence-corrected chi connectivity index (χ0v) is 15.4. The Morgan fingerprint density at radius 1 is 1.04 bits per heavy atom. The number of ketones is 1. The van der Waals surface area contributed by atoms with Crippen LogP contribution >= 0.6 is 0 Å². The van der Waals surface area contributed by atoms with Gasteiger partial charge in [-0.25, -0.2) is 4.79 Å². The summed E-state index contributed by atoms with van der Waals surface area (Å²) >= 11 is 0. The van der Waals surface area contributed by atoms with E-state index >= 15 is 0 Å². The van der Waals surface area contributed by atoms with Crippen LogP contribution in [0.1, 0.15) is 24.0 Å². The molecule has 140 valence electrons. The number of rotatable bonds is 8. The van der Waals surface area contributed by atoms with E-state index in [4.69, 9.17) is 14.2 Å². The van der Waals surface area contributed by atoms with Gasteiger partial charge in [0.15, 0.2) is 23.4 Å². The normalized spacial score (nSPS) is 15.9. The van der Waals surface area contributed by atoms with Crippen LogP contribution in [-0.4, -0.2) is 32.1 Å². The second-order valence-electron chi connectivity index (χ2n) is 6.29. The van der Waals surface area contributed by atoms with Crippen LogP contribution in [-0.2, 0) is 20.7 Å². The van der Waals surface area contributed by atoms with Crippen molar-refractivity contribution in [3.63, 3.8) is 0 Å². The molecule has 0 aliphatic carbocycles. The highest BCUT2D eigenvalue weighted by atomic mass is 16.6. The molecule has 2 aromatic rings. The lowest BCUT2D eigenvalue weighted by atomic mass is 9.96. The molecule has 5 heteroatoms. The van der Waals surface area contributed by atoms with Crippen molar-refractivity contribution in [1.82, 2.24) is 0 Å². The molecule has 0 radical (unpaired) electrons. The lowest BCUT2D eigenvalue weighted by Crippen LogP contribution is -2.23. The van der Waals surface area contributed by atoms with Gasteiger partial charge in [0.05, 0.1) is 14.2 Å². The van der Waals surface area contributed by atoms with Crippen molar-refractivity contribution in [3.8, 4) is 11.5 Å². The van der Waals surface area contributed by atoms with Crippen LogP contribution in [0.15, 0.2) is 54.6 Å². The first-order valence-corrected chi connectivity index (χ1v) is 8.83. The van der Waals surface area contributed by atoms with Gasteiger partial charge in [0.1, 0.15) is 0 Å². The van der Waals surface area contributed by atoms with Gasteiger partial charge in [0.25, 0.3) is 0 Å². The fraction of sp³-hybridized carbons (Fsp3) is 0.273. The van der Waals surface area contributed by atoms with Crippen LogP contribution in [0.2, 0.25) is 0 Å². The second-order valence-corrected chi connectivity index (χ2v) is 6.29. The van der Waals surface area contributed by atoms with Gasteiger partial charge in [-0.3, -0.25) is 4.79 Å². The van der Waals surface area contributed by atoms with Crippen LogP contribution < -0.4 is 9.47 Å². The SMILES string of the molecule is COc1ccc(CCCC(=O)C2OC(=O)C=C2c2ccccc2)cc1OC. The summed E-state index contributed by atoms with van der Waals surface area (Å²) in [6.45, 7) is 0. The molecule has 0 bridgehead atoms. The van der Waals surface area contributed by atoms with Crippen molar-refractivity contribution in [1.29, 1.82) is 0 Å². The maximum absolute atomic E-state index is 12.6. The summed E-state index contributed by atoms with van der Waals surface area (Å²) in [7, 11) is 3.19. The van der Waals surface area contributed by atoms with E-state index in [1.54, 1.807) is 14.2 Å². The Kier molecular flexibility index (Phi) is 5.91. The van der Waals surface area contributed by atoms with Gasteiger partial charge in [-0.15, -0.1) is 0 Å². The molecule has 0 amide bonds. The van der Waals surface area contributed by atoms with Gasteiger partial charge in [0.2, 0.25) is 0 Å². The number of aryl methyl sites for hydroxylation is 1. The van der Waals surface area contributed by atoms with E-state index in [0.29, 0.717) is 29.9 Å². The highest BCUT2D eigenvalue weighted by Crippen LogP contribution is 2.29. The molecule has 0 N–H and O–H groups in total. The Bertz CT molecular complexity index is 854. The number of Topliss-reactive ketones (excluding diaryl/α,β-unsaturated/α-hetero) is 1. The molecule has 0 fully saturated rings. The number of benzene rings is 2. The fourth-order valence-electron chi connectivity index (χ4n) is 3.15. The first-order valence-electron chi connectivity index (χ1n) is 8.83. The minimum absolute atomic E-state index is 0.0866. The molecule has 2 aromatic carbocycles. The minimum atomic E-state index is -0.815. The Labute approximate surface area is 158 Å². The van der Waals surface area contributed by atoms with E-state index in [1.807, 2.05) is 48.5 Å². The number of hydrogen-bond donors (Lipinski definition) is 0. The largest absolute Gasteiger partial charge is 0.493 e. The van der Waals surface area contributed by atoms with Gasteiger partial charge in [0, 0.05) is 18.1 Å².